The van der Waals surface area contributed by atoms with Crippen LogP contribution in [0.2, 0.25) is 0 Å². The molecule has 30 heavy (non-hydrogen) atoms. The summed E-state index contributed by atoms with van der Waals surface area (Å²) in [6.45, 7) is 11.0. The molecule has 0 aliphatic carbocycles. The second-order valence-electron chi connectivity index (χ2n) is 8.63. The van der Waals surface area contributed by atoms with Crippen LogP contribution in [-0.2, 0) is 11.3 Å². The number of thiazole rings is 1. The first-order chi connectivity index (χ1) is 14.3. The lowest BCUT2D eigenvalue weighted by atomic mass is 10.0. The molecule has 1 aromatic carbocycles. The summed E-state index contributed by atoms with van der Waals surface area (Å²) in [5, 5.41) is 8.37. The summed E-state index contributed by atoms with van der Waals surface area (Å²) in [5.74, 6) is 0.202. The van der Waals surface area contributed by atoms with E-state index in [4.69, 9.17) is 0 Å². The van der Waals surface area contributed by atoms with Crippen LogP contribution in [0.5, 0.6) is 0 Å². The van der Waals surface area contributed by atoms with Crippen LogP contribution in [0.1, 0.15) is 55.2 Å². The van der Waals surface area contributed by atoms with Crippen LogP contribution in [0.25, 0.3) is 0 Å². The molecule has 0 saturated carbocycles. The predicted octanol–water partition coefficient (Wildman–Crippen LogP) is 4.08. The predicted molar refractivity (Wildman–Crippen MR) is 122 cm³/mol. The maximum atomic E-state index is 12.9. The number of rotatable bonds is 7. The summed E-state index contributed by atoms with van der Waals surface area (Å²) in [6, 6.07) is 6.75. The maximum Gasteiger partial charge on any atom is 0.252 e. The molecule has 1 aliphatic heterocycles. The summed E-state index contributed by atoms with van der Waals surface area (Å²) < 4.78 is 0. The molecule has 0 bridgehead atoms. The molecular weight excluding hydrogens is 396 g/mol. The Bertz CT molecular complexity index is 880. The van der Waals surface area contributed by atoms with Crippen LogP contribution < -0.4 is 10.6 Å². The largest absolute Gasteiger partial charge is 0.340 e. The molecule has 6 nitrogen and oxygen atoms in total. The normalized spacial score (nSPS) is 18.2. The molecule has 2 heterocycles. The van der Waals surface area contributed by atoms with Gasteiger partial charge in [-0.25, -0.2) is 4.98 Å². The third-order valence-electron chi connectivity index (χ3n) is 5.53. The van der Waals surface area contributed by atoms with Crippen molar-refractivity contribution in [1.29, 1.82) is 0 Å². The number of anilines is 1. The van der Waals surface area contributed by atoms with Gasteiger partial charge in [-0.3, -0.25) is 14.5 Å². The van der Waals surface area contributed by atoms with Gasteiger partial charge >= 0.3 is 0 Å². The number of benzene rings is 1. The number of aromatic nitrogens is 1. The molecule has 0 spiro atoms. The van der Waals surface area contributed by atoms with Gasteiger partial charge in [-0.05, 0) is 49.8 Å². The van der Waals surface area contributed by atoms with Crippen LogP contribution in [0.3, 0.4) is 0 Å². The first-order valence-electron chi connectivity index (χ1n) is 10.7. The highest BCUT2D eigenvalue weighted by molar-refractivity contribution is 7.13. The summed E-state index contributed by atoms with van der Waals surface area (Å²) in [5.41, 5.74) is 2.45. The van der Waals surface area contributed by atoms with Gasteiger partial charge in [-0.2, -0.15) is 0 Å². The third kappa shape index (κ3) is 5.89. The van der Waals surface area contributed by atoms with Gasteiger partial charge in [0.1, 0.15) is 6.04 Å². The Morgan fingerprint density at radius 2 is 2.07 bits per heavy atom. The number of nitrogens with zero attached hydrogens (tertiary/aromatic N) is 2. The number of piperidine rings is 1. The zero-order chi connectivity index (χ0) is 21.7. The lowest BCUT2D eigenvalue weighted by Gasteiger charge is -2.30. The van der Waals surface area contributed by atoms with Crippen molar-refractivity contribution in [3.8, 4) is 0 Å². The zero-order valence-corrected chi connectivity index (χ0v) is 19.1. The van der Waals surface area contributed by atoms with Crippen LogP contribution in [0.15, 0.2) is 29.6 Å². The molecule has 2 N–H and O–H groups in total. The lowest BCUT2D eigenvalue weighted by molar-refractivity contribution is -0.118. The van der Waals surface area contributed by atoms with E-state index in [9.17, 15) is 9.59 Å². The van der Waals surface area contributed by atoms with Crippen LogP contribution in [-0.4, -0.2) is 40.8 Å². The SMILES string of the molecule is Cc1ccccc1C(=O)N[C@H](C(=O)Nc1nc(CN2CCCC(C)C2)cs1)C(C)C. The minimum atomic E-state index is -0.632. The van der Waals surface area contributed by atoms with Crippen molar-refractivity contribution in [3.63, 3.8) is 0 Å². The zero-order valence-electron chi connectivity index (χ0n) is 18.3. The minimum Gasteiger partial charge on any atom is -0.340 e. The van der Waals surface area contributed by atoms with Crippen molar-refractivity contribution < 1.29 is 9.59 Å². The van der Waals surface area contributed by atoms with Gasteiger partial charge in [0.2, 0.25) is 5.91 Å². The van der Waals surface area contributed by atoms with E-state index in [1.54, 1.807) is 6.07 Å². The van der Waals surface area contributed by atoms with Gasteiger partial charge in [0.05, 0.1) is 5.69 Å². The van der Waals surface area contributed by atoms with Crippen LogP contribution >= 0.6 is 11.3 Å². The van der Waals surface area contributed by atoms with Crippen molar-refractivity contribution in [1.82, 2.24) is 15.2 Å². The van der Waals surface area contributed by atoms with E-state index >= 15 is 0 Å². The van der Waals surface area contributed by atoms with E-state index in [-0.39, 0.29) is 17.7 Å². The van der Waals surface area contributed by atoms with Crippen molar-refractivity contribution in [2.75, 3.05) is 18.4 Å². The van der Waals surface area contributed by atoms with Gasteiger partial charge < -0.3 is 10.6 Å². The van der Waals surface area contributed by atoms with Crippen molar-refractivity contribution in [3.05, 3.63) is 46.5 Å². The average molecular weight is 429 g/mol. The molecule has 0 radical (unpaired) electrons. The lowest BCUT2D eigenvalue weighted by Crippen LogP contribution is -2.47. The molecule has 1 fully saturated rings. The van der Waals surface area contributed by atoms with Crippen molar-refractivity contribution in [2.24, 2.45) is 11.8 Å². The van der Waals surface area contributed by atoms with E-state index in [1.807, 2.05) is 44.4 Å². The summed E-state index contributed by atoms with van der Waals surface area (Å²) in [6.07, 6.45) is 2.52. The monoisotopic (exact) mass is 428 g/mol. The number of hydrogen-bond acceptors (Lipinski definition) is 5. The Morgan fingerprint density at radius 1 is 1.30 bits per heavy atom. The molecule has 1 unspecified atom stereocenters. The molecular formula is C23H32N4O2S. The Balaban J connectivity index is 1.60. The maximum absolute atomic E-state index is 12.9. The van der Waals surface area contributed by atoms with Crippen LogP contribution in [0.4, 0.5) is 5.13 Å². The first-order valence-corrected chi connectivity index (χ1v) is 11.6. The Hall–Kier alpha value is -2.25. The molecule has 2 amide bonds. The number of likely N-dealkylation sites (tertiary alicyclic amines) is 1. The highest BCUT2D eigenvalue weighted by Crippen LogP contribution is 2.21. The first kappa shape index (κ1) is 22.4. The molecule has 1 saturated heterocycles. The smallest absolute Gasteiger partial charge is 0.252 e. The van der Waals surface area contributed by atoms with Gasteiger partial charge in [-0.1, -0.05) is 39.0 Å². The molecule has 7 heteroatoms. The molecule has 162 valence electrons. The number of aryl methyl sites for hydroxylation is 1. The quantitative estimate of drug-likeness (QED) is 0.697. The average Bonchev–Trinajstić information content (AvgIpc) is 3.12. The standard InChI is InChI=1S/C23H32N4O2S/c1-15(2)20(25-21(28)19-10-6-5-9-17(19)4)22(29)26-23-24-18(14-30-23)13-27-11-7-8-16(3)12-27/h5-6,9-10,14-16,20H,7-8,11-13H2,1-4H3,(H,25,28)(H,24,26,29)/t16?,20-/m0/s1. The summed E-state index contributed by atoms with van der Waals surface area (Å²) in [7, 11) is 0. The number of hydrogen-bond donors (Lipinski definition) is 2. The molecule has 3 rings (SSSR count). The second kappa shape index (κ2) is 10.2. The molecule has 2 aromatic rings. The Kier molecular flexibility index (Phi) is 7.61. The second-order valence-corrected chi connectivity index (χ2v) is 9.48. The van der Waals surface area contributed by atoms with Gasteiger partial charge in [0, 0.05) is 24.0 Å². The van der Waals surface area contributed by atoms with E-state index in [2.05, 4.69) is 27.4 Å². The molecule has 2 atom stereocenters. The fourth-order valence-corrected chi connectivity index (χ4v) is 4.57. The summed E-state index contributed by atoms with van der Waals surface area (Å²) in [4.78, 5) is 32.6. The Labute approximate surface area is 183 Å². The van der Waals surface area contributed by atoms with E-state index in [0.717, 1.165) is 36.8 Å². The topological polar surface area (TPSA) is 74.3 Å². The van der Waals surface area contributed by atoms with E-state index in [0.29, 0.717) is 10.7 Å². The third-order valence-corrected chi connectivity index (χ3v) is 6.34. The molecule has 1 aromatic heterocycles. The highest BCUT2D eigenvalue weighted by Gasteiger charge is 2.26. The van der Waals surface area contributed by atoms with E-state index in [1.165, 1.54) is 24.2 Å². The highest BCUT2D eigenvalue weighted by atomic mass is 32.1. The van der Waals surface area contributed by atoms with Crippen LogP contribution in [0, 0.1) is 18.8 Å². The number of nitrogens with one attached hydrogen (secondary N) is 2. The van der Waals surface area contributed by atoms with Gasteiger partial charge in [-0.15, -0.1) is 11.3 Å². The van der Waals surface area contributed by atoms with Gasteiger partial charge in [0.15, 0.2) is 5.13 Å². The fourth-order valence-electron chi connectivity index (χ4n) is 3.86. The number of carbonyl (C=O) groups is 2. The summed E-state index contributed by atoms with van der Waals surface area (Å²) >= 11 is 1.43. The number of amides is 2. The molecule has 1 aliphatic rings. The van der Waals surface area contributed by atoms with E-state index < -0.39 is 6.04 Å². The van der Waals surface area contributed by atoms with Crippen molar-refractivity contribution >= 4 is 28.3 Å². The number of carbonyl (C=O) groups excluding carboxylic acids is 2. The minimum absolute atomic E-state index is 0.0489. The van der Waals surface area contributed by atoms with Gasteiger partial charge in [0.25, 0.3) is 5.91 Å². The van der Waals surface area contributed by atoms with Crippen molar-refractivity contribution in [2.45, 2.75) is 53.1 Å². The fraction of sp³-hybridized carbons (Fsp3) is 0.522. The Morgan fingerprint density at radius 3 is 2.77 bits per heavy atom.